The number of nitrogens with one attached hydrogen (secondary N) is 4. The molecule has 0 spiro atoms. The van der Waals surface area contributed by atoms with Gasteiger partial charge in [0.25, 0.3) is 0 Å². The lowest BCUT2D eigenvalue weighted by Crippen LogP contribution is -2.57. The Labute approximate surface area is 289 Å². The molecule has 0 aliphatic rings. The minimum atomic E-state index is -1.34. The first-order chi connectivity index (χ1) is 23.9. The van der Waals surface area contributed by atoms with Gasteiger partial charge in [0.05, 0.1) is 12.6 Å². The van der Waals surface area contributed by atoms with Crippen LogP contribution in [0.2, 0.25) is 0 Å². The number of phenols is 1. The van der Waals surface area contributed by atoms with Gasteiger partial charge >= 0.3 is 5.97 Å². The molecule has 0 aliphatic carbocycles. The number of amides is 4. The molecule has 15 heteroatoms. The van der Waals surface area contributed by atoms with Gasteiger partial charge in [-0.2, -0.15) is 0 Å². The van der Waals surface area contributed by atoms with Gasteiger partial charge in [-0.3, -0.25) is 24.2 Å². The van der Waals surface area contributed by atoms with Crippen molar-refractivity contribution in [3.63, 3.8) is 0 Å². The summed E-state index contributed by atoms with van der Waals surface area (Å²) < 4.78 is 0. The smallest absolute Gasteiger partial charge is 0.326 e. The molecular weight excluding hydrogens is 644 g/mol. The van der Waals surface area contributed by atoms with Crippen molar-refractivity contribution in [1.82, 2.24) is 21.3 Å². The third kappa shape index (κ3) is 13.6. The Morgan fingerprint density at radius 2 is 1.14 bits per heavy atom. The van der Waals surface area contributed by atoms with Crippen LogP contribution in [-0.2, 0) is 43.2 Å². The number of carbonyl (C=O) groups excluding carboxylic acids is 4. The number of phenolic OH excluding ortho intramolecular Hbond substituents is 1. The summed E-state index contributed by atoms with van der Waals surface area (Å²) in [6.07, 6.45) is 0.708. The predicted molar refractivity (Wildman–Crippen MR) is 186 cm³/mol. The summed E-state index contributed by atoms with van der Waals surface area (Å²) in [6, 6.07) is 19.0. The molecule has 15 nitrogen and oxygen atoms in total. The van der Waals surface area contributed by atoms with Crippen LogP contribution in [0.1, 0.15) is 29.5 Å². The normalized spacial score (nSPS) is 13.1. The molecule has 0 radical (unpaired) electrons. The molecule has 0 saturated carbocycles. The van der Waals surface area contributed by atoms with E-state index in [2.05, 4.69) is 26.3 Å². The highest BCUT2D eigenvalue weighted by Crippen LogP contribution is 2.12. The fraction of sp³-hybridized carbons (Fsp3) is 0.314. The van der Waals surface area contributed by atoms with E-state index in [4.69, 9.17) is 17.2 Å². The number of carboxylic acid groups (broad SMARTS) is 1. The van der Waals surface area contributed by atoms with E-state index in [1.54, 1.807) is 72.8 Å². The molecule has 4 amide bonds. The minimum absolute atomic E-state index is 0.00870. The van der Waals surface area contributed by atoms with Crippen molar-refractivity contribution < 1.29 is 34.2 Å². The summed E-state index contributed by atoms with van der Waals surface area (Å²) in [5.41, 5.74) is 18.5. The highest BCUT2D eigenvalue weighted by atomic mass is 16.4. The Bertz CT molecular complexity index is 1600. The monoisotopic (exact) mass is 688 g/mol. The van der Waals surface area contributed by atoms with Crippen LogP contribution in [0.15, 0.2) is 89.9 Å². The van der Waals surface area contributed by atoms with Crippen LogP contribution >= 0.6 is 0 Å². The molecule has 0 aliphatic heterocycles. The van der Waals surface area contributed by atoms with Crippen molar-refractivity contribution in [2.75, 3.05) is 13.1 Å². The molecule has 4 atom stereocenters. The van der Waals surface area contributed by atoms with E-state index >= 15 is 0 Å². The van der Waals surface area contributed by atoms with Gasteiger partial charge in [-0.05, 0) is 41.7 Å². The van der Waals surface area contributed by atoms with Gasteiger partial charge in [-0.25, -0.2) is 4.79 Å². The van der Waals surface area contributed by atoms with E-state index in [9.17, 15) is 34.2 Å². The van der Waals surface area contributed by atoms with Crippen molar-refractivity contribution >= 4 is 35.6 Å². The maximum absolute atomic E-state index is 13.8. The van der Waals surface area contributed by atoms with E-state index in [1.807, 2.05) is 0 Å². The Hall–Kier alpha value is -5.96. The second-order valence-corrected chi connectivity index (χ2v) is 11.6. The first-order valence-corrected chi connectivity index (χ1v) is 16.0. The number of carbonyl (C=O) groups is 5. The summed E-state index contributed by atoms with van der Waals surface area (Å²) in [7, 11) is 0. The Balaban J connectivity index is 1.74. The van der Waals surface area contributed by atoms with Crippen molar-refractivity contribution in [2.45, 2.75) is 56.3 Å². The molecule has 0 bridgehead atoms. The van der Waals surface area contributed by atoms with Gasteiger partial charge in [-0.15, -0.1) is 0 Å². The predicted octanol–water partition coefficient (Wildman–Crippen LogP) is -0.544. The maximum atomic E-state index is 13.8. The van der Waals surface area contributed by atoms with Gasteiger partial charge in [0.2, 0.25) is 23.6 Å². The maximum Gasteiger partial charge on any atom is 0.326 e. The molecular formula is C35H44N8O7. The second kappa shape index (κ2) is 19.8. The molecule has 266 valence electrons. The van der Waals surface area contributed by atoms with E-state index in [-0.39, 0.29) is 37.4 Å². The number of aliphatic carboxylic acids is 1. The minimum Gasteiger partial charge on any atom is -0.508 e. The number of nitrogens with two attached hydrogens (primary N) is 3. The average Bonchev–Trinajstić information content (AvgIpc) is 3.09. The zero-order chi connectivity index (χ0) is 36.5. The molecule has 3 rings (SSSR count). The lowest BCUT2D eigenvalue weighted by Gasteiger charge is -2.25. The summed E-state index contributed by atoms with van der Waals surface area (Å²) >= 11 is 0. The number of carboxylic acids is 1. The van der Waals surface area contributed by atoms with Gasteiger partial charge in [-0.1, -0.05) is 72.8 Å². The van der Waals surface area contributed by atoms with Crippen LogP contribution < -0.4 is 38.5 Å². The summed E-state index contributed by atoms with van der Waals surface area (Å²) in [4.78, 5) is 68.8. The average molecular weight is 689 g/mol. The van der Waals surface area contributed by atoms with Crippen LogP contribution in [-0.4, -0.2) is 83.0 Å². The quantitative estimate of drug-likeness (QED) is 0.0441. The first kappa shape index (κ1) is 38.5. The van der Waals surface area contributed by atoms with Crippen LogP contribution in [0.25, 0.3) is 0 Å². The third-order valence-corrected chi connectivity index (χ3v) is 7.57. The van der Waals surface area contributed by atoms with Crippen molar-refractivity contribution in [2.24, 2.45) is 22.2 Å². The molecule has 0 fully saturated rings. The summed E-state index contributed by atoms with van der Waals surface area (Å²) in [5, 5.41) is 29.8. The number of hydrogen-bond acceptors (Lipinski definition) is 8. The number of hydrogen-bond donors (Lipinski definition) is 9. The van der Waals surface area contributed by atoms with Gasteiger partial charge < -0.3 is 48.7 Å². The lowest BCUT2D eigenvalue weighted by molar-refractivity contribution is -0.142. The number of aromatic hydroxyl groups is 1. The molecule has 50 heavy (non-hydrogen) atoms. The Kier molecular flexibility index (Phi) is 15.2. The molecule has 3 aromatic carbocycles. The number of rotatable bonds is 19. The largest absolute Gasteiger partial charge is 0.508 e. The molecule has 0 saturated heterocycles. The number of guanidine groups is 1. The number of nitrogens with zero attached hydrogens (tertiary/aromatic N) is 1. The summed E-state index contributed by atoms with van der Waals surface area (Å²) in [5.74, 6) is -4.06. The zero-order valence-electron chi connectivity index (χ0n) is 27.5. The van der Waals surface area contributed by atoms with Crippen LogP contribution in [0, 0.1) is 0 Å². The molecule has 0 aromatic heterocycles. The first-order valence-electron chi connectivity index (χ1n) is 16.0. The van der Waals surface area contributed by atoms with Crippen LogP contribution in [0.5, 0.6) is 5.75 Å². The standard InChI is InChI=1S/C35H44N8O7/c36-26(12-7-17-39-35(37)38)31(46)40-21-30(45)41-27(18-22-8-3-1-4-9-22)32(47)42-28(19-23-10-5-2-6-11-23)33(48)43-29(34(49)50)20-24-13-15-25(44)16-14-24/h1-6,8-11,13-16,26-29,44H,7,12,17-21,36H2,(H,40,46)(H,41,45)(H,42,47)(H,43,48)(H,49,50)(H4,37,38,39)/t26-,27-,28-,29-/m0/s1. The van der Waals surface area contributed by atoms with Gasteiger partial charge in [0, 0.05) is 25.8 Å². The fourth-order valence-electron chi connectivity index (χ4n) is 4.92. The topological polar surface area (TPSA) is 264 Å². The van der Waals surface area contributed by atoms with E-state index in [1.165, 1.54) is 12.1 Å². The third-order valence-electron chi connectivity index (χ3n) is 7.57. The van der Waals surface area contributed by atoms with Gasteiger partial charge in [0.1, 0.15) is 23.9 Å². The van der Waals surface area contributed by atoms with Crippen LogP contribution in [0.4, 0.5) is 0 Å². The van der Waals surface area contributed by atoms with Gasteiger partial charge in [0.15, 0.2) is 5.96 Å². The van der Waals surface area contributed by atoms with Crippen LogP contribution in [0.3, 0.4) is 0 Å². The molecule has 12 N–H and O–H groups in total. The highest BCUT2D eigenvalue weighted by Gasteiger charge is 2.30. The number of benzene rings is 3. The second-order valence-electron chi connectivity index (χ2n) is 11.6. The van der Waals surface area contributed by atoms with Crippen molar-refractivity contribution in [3.8, 4) is 5.75 Å². The highest BCUT2D eigenvalue weighted by molar-refractivity contribution is 5.94. The van der Waals surface area contributed by atoms with E-state index in [0.29, 0.717) is 29.7 Å². The Morgan fingerprint density at radius 3 is 1.66 bits per heavy atom. The lowest BCUT2D eigenvalue weighted by atomic mass is 10.0. The Morgan fingerprint density at radius 1 is 0.660 bits per heavy atom. The zero-order valence-corrected chi connectivity index (χ0v) is 27.5. The van der Waals surface area contributed by atoms with Crippen molar-refractivity contribution in [1.29, 1.82) is 0 Å². The molecule has 0 heterocycles. The molecule has 0 unspecified atom stereocenters. The molecule has 3 aromatic rings. The number of aliphatic imine (C=N–C) groups is 1. The van der Waals surface area contributed by atoms with E-state index < -0.39 is 60.3 Å². The SMILES string of the molecule is NC(N)=NCCC[C@H](N)C(=O)NCC(=O)N[C@@H](Cc1ccccc1)C(=O)N[C@@H](Cc1ccccc1)C(=O)N[C@@H](Cc1ccc(O)cc1)C(=O)O. The fourth-order valence-corrected chi connectivity index (χ4v) is 4.92. The summed E-state index contributed by atoms with van der Waals surface area (Å²) in [6.45, 7) is -0.177. The van der Waals surface area contributed by atoms with Crippen molar-refractivity contribution in [3.05, 3.63) is 102 Å². The van der Waals surface area contributed by atoms with E-state index in [0.717, 1.165) is 0 Å².